The van der Waals surface area contributed by atoms with Gasteiger partial charge in [0.1, 0.15) is 0 Å². The lowest BCUT2D eigenvalue weighted by Crippen LogP contribution is -2.29. The van der Waals surface area contributed by atoms with Crippen LogP contribution in [0.15, 0.2) is 29.4 Å². The van der Waals surface area contributed by atoms with Crippen molar-refractivity contribution in [2.75, 3.05) is 5.75 Å². The quantitative estimate of drug-likeness (QED) is 0.235. The highest BCUT2D eigenvalue weighted by Gasteiger charge is 2.07. The summed E-state index contributed by atoms with van der Waals surface area (Å²) in [5.41, 5.74) is 1.48. The Kier molecular flexibility index (Phi) is 3.53. The number of aromatic nitrogens is 1. The van der Waals surface area contributed by atoms with Crippen molar-refractivity contribution in [1.82, 2.24) is 5.48 Å². The molecule has 0 saturated heterocycles. The standard InChI is InChI=1S/C7H8N2O3S/c10-6(8-11)5-13-7-3-1-2-4-9(7)12/h1-4,11H,5H2,(H,8,10). The van der Waals surface area contributed by atoms with Crippen molar-refractivity contribution in [3.8, 4) is 0 Å². The fraction of sp³-hybridized carbons (Fsp3) is 0.143. The summed E-state index contributed by atoms with van der Waals surface area (Å²) in [6, 6.07) is 4.90. The highest BCUT2D eigenvalue weighted by Crippen LogP contribution is 2.11. The molecule has 0 saturated carbocycles. The van der Waals surface area contributed by atoms with E-state index in [9.17, 15) is 10.0 Å². The van der Waals surface area contributed by atoms with Crippen molar-refractivity contribution in [2.45, 2.75) is 5.03 Å². The second kappa shape index (κ2) is 4.68. The van der Waals surface area contributed by atoms with Gasteiger partial charge in [-0.2, -0.15) is 4.73 Å². The van der Waals surface area contributed by atoms with E-state index in [2.05, 4.69) is 0 Å². The molecular weight excluding hydrogens is 192 g/mol. The largest absolute Gasteiger partial charge is 0.618 e. The highest BCUT2D eigenvalue weighted by molar-refractivity contribution is 7.99. The Labute approximate surface area is 78.9 Å². The molecule has 2 N–H and O–H groups in total. The first-order valence-electron chi connectivity index (χ1n) is 3.48. The minimum Gasteiger partial charge on any atom is -0.618 e. The first-order chi connectivity index (χ1) is 6.24. The van der Waals surface area contributed by atoms with Crippen LogP contribution in [0.1, 0.15) is 0 Å². The molecule has 6 heteroatoms. The van der Waals surface area contributed by atoms with E-state index in [1.165, 1.54) is 11.7 Å². The number of carbonyl (C=O) groups is 1. The molecule has 5 nitrogen and oxygen atoms in total. The van der Waals surface area contributed by atoms with Gasteiger partial charge in [-0.25, -0.2) is 5.48 Å². The number of hydrogen-bond donors (Lipinski definition) is 2. The zero-order valence-corrected chi connectivity index (χ0v) is 7.45. The van der Waals surface area contributed by atoms with Crippen molar-refractivity contribution in [3.05, 3.63) is 29.6 Å². The SMILES string of the molecule is O=C(CSc1cccc[n+]1[O-])NO. The van der Waals surface area contributed by atoms with Gasteiger partial charge in [-0.15, -0.1) is 0 Å². The van der Waals surface area contributed by atoms with Crippen LogP contribution in [0.5, 0.6) is 0 Å². The lowest BCUT2D eigenvalue weighted by atomic mass is 10.5. The highest BCUT2D eigenvalue weighted by atomic mass is 32.2. The Morgan fingerprint density at radius 2 is 2.46 bits per heavy atom. The van der Waals surface area contributed by atoms with Gasteiger partial charge in [0.05, 0.1) is 5.75 Å². The zero-order chi connectivity index (χ0) is 9.68. The van der Waals surface area contributed by atoms with Crippen LogP contribution in [0.25, 0.3) is 0 Å². The third-order valence-electron chi connectivity index (χ3n) is 1.26. The monoisotopic (exact) mass is 200 g/mol. The molecule has 13 heavy (non-hydrogen) atoms. The number of nitrogens with zero attached hydrogens (tertiary/aromatic N) is 1. The van der Waals surface area contributed by atoms with Gasteiger partial charge in [-0.05, 0) is 17.8 Å². The topological polar surface area (TPSA) is 76.3 Å². The molecule has 0 aliphatic heterocycles. The van der Waals surface area contributed by atoms with Crippen LogP contribution in [0.2, 0.25) is 0 Å². The van der Waals surface area contributed by atoms with Gasteiger partial charge in [0.2, 0.25) is 0 Å². The fourth-order valence-corrected chi connectivity index (χ4v) is 1.40. The van der Waals surface area contributed by atoms with Crippen molar-refractivity contribution in [1.29, 1.82) is 0 Å². The van der Waals surface area contributed by atoms with Gasteiger partial charge in [-0.1, -0.05) is 0 Å². The Bertz CT molecular complexity index is 306. The minimum atomic E-state index is -0.533. The van der Waals surface area contributed by atoms with Crippen LogP contribution >= 0.6 is 11.8 Å². The molecule has 0 spiro atoms. The van der Waals surface area contributed by atoms with Gasteiger partial charge in [0.25, 0.3) is 10.9 Å². The average Bonchev–Trinajstić information content (AvgIpc) is 2.16. The van der Waals surface area contributed by atoms with E-state index in [1.54, 1.807) is 18.2 Å². The number of hydroxylamine groups is 1. The molecule has 1 aromatic heterocycles. The van der Waals surface area contributed by atoms with Crippen LogP contribution in [0.4, 0.5) is 0 Å². The second-order valence-corrected chi connectivity index (χ2v) is 3.18. The Morgan fingerprint density at radius 1 is 1.69 bits per heavy atom. The number of thioether (sulfide) groups is 1. The van der Waals surface area contributed by atoms with Crippen molar-refractivity contribution < 1.29 is 14.7 Å². The maximum absolute atomic E-state index is 11.0. The van der Waals surface area contributed by atoms with Crippen LogP contribution in [-0.2, 0) is 4.79 Å². The summed E-state index contributed by atoms with van der Waals surface area (Å²) >= 11 is 1.06. The molecule has 1 heterocycles. The lowest BCUT2D eigenvalue weighted by Gasteiger charge is -2.01. The van der Waals surface area contributed by atoms with Gasteiger partial charge >= 0.3 is 0 Å². The van der Waals surface area contributed by atoms with Crippen LogP contribution in [-0.4, -0.2) is 16.9 Å². The van der Waals surface area contributed by atoms with Crippen LogP contribution in [0.3, 0.4) is 0 Å². The van der Waals surface area contributed by atoms with Gasteiger partial charge in [0, 0.05) is 12.1 Å². The van der Waals surface area contributed by atoms with Crippen molar-refractivity contribution in [2.24, 2.45) is 0 Å². The Balaban J connectivity index is 2.54. The summed E-state index contributed by atoms with van der Waals surface area (Å²) in [5.74, 6) is -0.517. The number of rotatable bonds is 3. The lowest BCUT2D eigenvalue weighted by molar-refractivity contribution is -0.645. The first-order valence-corrected chi connectivity index (χ1v) is 4.46. The van der Waals surface area contributed by atoms with E-state index >= 15 is 0 Å². The molecule has 0 unspecified atom stereocenters. The predicted octanol–water partition coefficient (Wildman–Crippen LogP) is -0.0825. The number of carbonyl (C=O) groups excluding carboxylic acids is 1. The maximum Gasteiger partial charge on any atom is 0.253 e. The fourth-order valence-electron chi connectivity index (χ4n) is 0.696. The molecule has 0 aromatic carbocycles. The summed E-state index contributed by atoms with van der Waals surface area (Å²) in [6.07, 6.45) is 1.35. The predicted molar refractivity (Wildman–Crippen MR) is 46.1 cm³/mol. The van der Waals surface area contributed by atoms with E-state index in [0.29, 0.717) is 9.76 Å². The summed E-state index contributed by atoms with van der Waals surface area (Å²) in [5, 5.41) is 19.6. The molecule has 1 amide bonds. The summed E-state index contributed by atoms with van der Waals surface area (Å²) in [7, 11) is 0. The van der Waals surface area contributed by atoms with E-state index in [1.807, 2.05) is 0 Å². The third-order valence-corrected chi connectivity index (χ3v) is 2.28. The smallest absolute Gasteiger partial charge is 0.253 e. The molecule has 0 aliphatic rings. The second-order valence-electron chi connectivity index (χ2n) is 2.19. The molecule has 70 valence electrons. The molecule has 0 radical (unpaired) electrons. The van der Waals surface area contributed by atoms with Gasteiger partial charge < -0.3 is 5.21 Å². The number of hydrogen-bond acceptors (Lipinski definition) is 4. The first kappa shape index (κ1) is 9.82. The van der Waals surface area contributed by atoms with E-state index in [0.717, 1.165) is 11.8 Å². The number of nitrogens with one attached hydrogen (secondary N) is 1. The zero-order valence-electron chi connectivity index (χ0n) is 6.64. The maximum atomic E-state index is 11.0. The Morgan fingerprint density at radius 3 is 3.08 bits per heavy atom. The molecule has 1 rings (SSSR count). The molecule has 0 atom stereocenters. The summed E-state index contributed by atoms with van der Waals surface area (Å²) < 4.78 is 0.662. The van der Waals surface area contributed by atoms with E-state index in [-0.39, 0.29) is 5.75 Å². The normalized spacial score (nSPS) is 9.62. The Hall–Kier alpha value is -1.27. The van der Waals surface area contributed by atoms with E-state index in [4.69, 9.17) is 5.21 Å². The van der Waals surface area contributed by atoms with Crippen LogP contribution in [0, 0.1) is 5.21 Å². The summed E-state index contributed by atoms with van der Waals surface area (Å²) in [4.78, 5) is 10.6. The van der Waals surface area contributed by atoms with Crippen molar-refractivity contribution >= 4 is 17.7 Å². The number of amides is 1. The molecule has 1 aromatic rings. The number of pyridine rings is 1. The van der Waals surface area contributed by atoms with Crippen LogP contribution < -0.4 is 10.2 Å². The molecular formula is C7H8N2O3S. The molecule has 0 bridgehead atoms. The molecule has 0 aliphatic carbocycles. The van der Waals surface area contributed by atoms with E-state index < -0.39 is 5.91 Å². The molecule has 0 fully saturated rings. The average molecular weight is 200 g/mol. The summed E-state index contributed by atoms with van der Waals surface area (Å²) in [6.45, 7) is 0. The van der Waals surface area contributed by atoms with Gasteiger partial charge in [-0.3, -0.25) is 10.0 Å². The van der Waals surface area contributed by atoms with Crippen molar-refractivity contribution in [3.63, 3.8) is 0 Å². The third kappa shape index (κ3) is 2.92. The van der Waals surface area contributed by atoms with Gasteiger partial charge in [0.15, 0.2) is 6.20 Å². The minimum absolute atomic E-state index is 0.0166.